The maximum absolute atomic E-state index is 12.5. The van der Waals surface area contributed by atoms with Gasteiger partial charge >= 0.3 is 0 Å². The minimum Gasteiger partial charge on any atom is -0.478 e. The predicted molar refractivity (Wildman–Crippen MR) is 83.4 cm³/mol. The molecule has 0 fully saturated rings. The molecule has 6 heteroatoms. The number of amides is 1. The average molecular weight is 302 g/mol. The van der Waals surface area contributed by atoms with Crippen LogP contribution in [-0.4, -0.2) is 26.3 Å². The number of benzene rings is 1. The molecule has 1 heterocycles. The van der Waals surface area contributed by atoms with Crippen LogP contribution in [0, 0.1) is 6.92 Å². The molecule has 6 nitrogen and oxygen atoms in total. The van der Waals surface area contributed by atoms with Gasteiger partial charge in [-0.2, -0.15) is 5.10 Å². The summed E-state index contributed by atoms with van der Waals surface area (Å²) in [5.41, 5.74) is 0.0989. The highest BCUT2D eigenvalue weighted by Gasteiger charge is 2.31. The van der Waals surface area contributed by atoms with E-state index < -0.39 is 5.60 Å². The molecule has 0 aliphatic carbocycles. The Hall–Kier alpha value is -2.37. The minimum absolute atomic E-state index is 0.204. The second kappa shape index (κ2) is 6.17. The lowest BCUT2D eigenvalue weighted by Gasteiger charge is -2.27. The highest BCUT2D eigenvalue weighted by atomic mass is 16.5. The molecule has 118 valence electrons. The molecule has 2 aromatic rings. The normalized spacial score (nSPS) is 12.8. The second-order valence-corrected chi connectivity index (χ2v) is 5.87. The van der Waals surface area contributed by atoms with Crippen molar-refractivity contribution in [2.75, 3.05) is 0 Å². The van der Waals surface area contributed by atoms with Crippen LogP contribution in [0.2, 0.25) is 0 Å². The van der Waals surface area contributed by atoms with Crippen LogP contribution in [0.15, 0.2) is 30.6 Å². The van der Waals surface area contributed by atoms with Crippen molar-refractivity contribution in [1.29, 1.82) is 0 Å². The SMILES string of the molecule is Cc1cccc(OC(C)(C)C(=O)N[C@H](C)c2ncnn2C)c1. The van der Waals surface area contributed by atoms with Crippen LogP contribution in [0.4, 0.5) is 0 Å². The molecule has 0 saturated heterocycles. The van der Waals surface area contributed by atoms with Gasteiger partial charge in [-0.25, -0.2) is 4.98 Å². The number of nitrogens with zero attached hydrogens (tertiary/aromatic N) is 3. The lowest BCUT2D eigenvalue weighted by molar-refractivity contribution is -0.135. The number of rotatable bonds is 5. The third-order valence-electron chi connectivity index (χ3n) is 3.39. The number of nitrogens with one attached hydrogen (secondary N) is 1. The number of hydrogen-bond acceptors (Lipinski definition) is 4. The summed E-state index contributed by atoms with van der Waals surface area (Å²) in [6.07, 6.45) is 1.46. The predicted octanol–water partition coefficient (Wildman–Crippen LogP) is 2.16. The second-order valence-electron chi connectivity index (χ2n) is 5.87. The summed E-state index contributed by atoms with van der Waals surface area (Å²) in [5.74, 6) is 1.16. The Labute approximate surface area is 130 Å². The topological polar surface area (TPSA) is 69.0 Å². The molecule has 1 aromatic carbocycles. The molecule has 1 atom stereocenters. The molecule has 1 aromatic heterocycles. The van der Waals surface area contributed by atoms with Gasteiger partial charge in [0.25, 0.3) is 5.91 Å². The fraction of sp³-hybridized carbons (Fsp3) is 0.438. The van der Waals surface area contributed by atoms with E-state index in [-0.39, 0.29) is 11.9 Å². The van der Waals surface area contributed by atoms with Gasteiger partial charge in [0.1, 0.15) is 17.9 Å². The number of carbonyl (C=O) groups excluding carboxylic acids is 1. The zero-order valence-corrected chi connectivity index (χ0v) is 13.6. The van der Waals surface area contributed by atoms with Gasteiger partial charge in [-0.3, -0.25) is 9.48 Å². The van der Waals surface area contributed by atoms with E-state index in [2.05, 4.69) is 15.4 Å². The van der Waals surface area contributed by atoms with E-state index in [1.165, 1.54) is 6.33 Å². The first-order chi connectivity index (χ1) is 10.3. The Kier molecular flexibility index (Phi) is 4.49. The van der Waals surface area contributed by atoms with E-state index >= 15 is 0 Å². The molecule has 0 spiro atoms. The number of aromatic nitrogens is 3. The van der Waals surface area contributed by atoms with Crippen LogP contribution in [0.3, 0.4) is 0 Å². The van der Waals surface area contributed by atoms with Gasteiger partial charge in [0.2, 0.25) is 0 Å². The fourth-order valence-electron chi connectivity index (χ4n) is 2.15. The van der Waals surface area contributed by atoms with E-state index in [1.807, 2.05) is 38.1 Å². The van der Waals surface area contributed by atoms with Crippen molar-refractivity contribution in [2.45, 2.75) is 39.3 Å². The first-order valence-corrected chi connectivity index (χ1v) is 7.20. The van der Waals surface area contributed by atoms with Crippen molar-refractivity contribution < 1.29 is 9.53 Å². The molecule has 0 bridgehead atoms. The summed E-state index contributed by atoms with van der Waals surface area (Å²) in [5, 5.41) is 6.92. The van der Waals surface area contributed by atoms with E-state index in [4.69, 9.17) is 4.74 Å². The number of ether oxygens (including phenoxy) is 1. The Morgan fingerprint density at radius 2 is 2.14 bits per heavy atom. The van der Waals surface area contributed by atoms with Crippen LogP contribution < -0.4 is 10.1 Å². The van der Waals surface area contributed by atoms with Crippen molar-refractivity contribution in [2.24, 2.45) is 7.05 Å². The van der Waals surface area contributed by atoms with E-state index in [0.29, 0.717) is 11.6 Å². The van der Waals surface area contributed by atoms with Crippen molar-refractivity contribution in [3.05, 3.63) is 42.0 Å². The van der Waals surface area contributed by atoms with Gasteiger partial charge in [-0.15, -0.1) is 0 Å². The maximum Gasteiger partial charge on any atom is 0.264 e. The highest BCUT2D eigenvalue weighted by Crippen LogP contribution is 2.20. The molecule has 0 unspecified atom stereocenters. The van der Waals surface area contributed by atoms with Gasteiger partial charge in [0.15, 0.2) is 5.60 Å². The first-order valence-electron chi connectivity index (χ1n) is 7.20. The monoisotopic (exact) mass is 302 g/mol. The summed E-state index contributed by atoms with van der Waals surface area (Å²) in [6, 6.07) is 7.38. The Bertz CT molecular complexity index is 664. The molecule has 1 N–H and O–H groups in total. The number of carbonyl (C=O) groups is 1. The average Bonchev–Trinajstić information content (AvgIpc) is 2.84. The van der Waals surface area contributed by atoms with Gasteiger partial charge in [0, 0.05) is 7.05 Å². The number of hydrogen-bond donors (Lipinski definition) is 1. The molecular weight excluding hydrogens is 280 g/mol. The minimum atomic E-state index is -0.985. The molecule has 2 rings (SSSR count). The van der Waals surface area contributed by atoms with Crippen molar-refractivity contribution in [1.82, 2.24) is 20.1 Å². The number of aryl methyl sites for hydroxylation is 2. The van der Waals surface area contributed by atoms with E-state index in [9.17, 15) is 4.79 Å². The van der Waals surface area contributed by atoms with Crippen LogP contribution in [-0.2, 0) is 11.8 Å². The highest BCUT2D eigenvalue weighted by molar-refractivity contribution is 5.85. The summed E-state index contributed by atoms with van der Waals surface area (Å²) in [4.78, 5) is 16.6. The zero-order valence-electron chi connectivity index (χ0n) is 13.6. The van der Waals surface area contributed by atoms with Gasteiger partial charge in [-0.05, 0) is 45.4 Å². The van der Waals surface area contributed by atoms with Crippen molar-refractivity contribution in [3.8, 4) is 5.75 Å². The summed E-state index contributed by atoms with van der Waals surface area (Å²) in [6.45, 7) is 7.34. The van der Waals surface area contributed by atoms with Crippen molar-refractivity contribution >= 4 is 5.91 Å². The molecule has 22 heavy (non-hydrogen) atoms. The van der Waals surface area contributed by atoms with Crippen LogP contribution in [0.25, 0.3) is 0 Å². The molecule has 1 amide bonds. The smallest absolute Gasteiger partial charge is 0.264 e. The van der Waals surface area contributed by atoms with Gasteiger partial charge < -0.3 is 10.1 Å². The quantitative estimate of drug-likeness (QED) is 0.919. The van der Waals surface area contributed by atoms with Gasteiger partial charge in [-0.1, -0.05) is 12.1 Å². The Morgan fingerprint density at radius 1 is 1.41 bits per heavy atom. The first kappa shape index (κ1) is 16.0. The van der Waals surface area contributed by atoms with Crippen molar-refractivity contribution in [3.63, 3.8) is 0 Å². The zero-order chi connectivity index (χ0) is 16.3. The Balaban J connectivity index is 2.05. The maximum atomic E-state index is 12.5. The van der Waals surface area contributed by atoms with Crippen LogP contribution in [0.1, 0.15) is 38.2 Å². The molecule has 0 radical (unpaired) electrons. The van der Waals surface area contributed by atoms with Crippen LogP contribution in [0.5, 0.6) is 5.75 Å². The van der Waals surface area contributed by atoms with E-state index in [1.54, 1.807) is 25.6 Å². The Morgan fingerprint density at radius 3 is 2.73 bits per heavy atom. The summed E-state index contributed by atoms with van der Waals surface area (Å²) >= 11 is 0. The third-order valence-corrected chi connectivity index (χ3v) is 3.39. The molecule has 0 aliphatic heterocycles. The largest absolute Gasteiger partial charge is 0.478 e. The molecular formula is C16H22N4O2. The summed E-state index contributed by atoms with van der Waals surface area (Å²) < 4.78 is 7.48. The van der Waals surface area contributed by atoms with Crippen LogP contribution >= 0.6 is 0 Å². The fourth-order valence-corrected chi connectivity index (χ4v) is 2.15. The van der Waals surface area contributed by atoms with Gasteiger partial charge in [0.05, 0.1) is 6.04 Å². The third kappa shape index (κ3) is 3.63. The molecule has 0 aliphatic rings. The lowest BCUT2D eigenvalue weighted by Crippen LogP contribution is -2.47. The lowest BCUT2D eigenvalue weighted by atomic mass is 10.1. The van der Waals surface area contributed by atoms with E-state index in [0.717, 1.165) is 5.56 Å². The summed E-state index contributed by atoms with van der Waals surface area (Å²) in [7, 11) is 1.79. The standard InChI is InChI=1S/C16H22N4O2/c1-11-7-6-8-13(9-11)22-16(3,4)15(21)19-12(2)14-17-10-18-20(14)5/h6-10,12H,1-5H3,(H,19,21)/t12-/m1/s1. The molecule has 0 saturated carbocycles.